The van der Waals surface area contributed by atoms with E-state index in [4.69, 9.17) is 5.73 Å². The zero-order chi connectivity index (χ0) is 22.2. The summed E-state index contributed by atoms with van der Waals surface area (Å²) in [5, 5.41) is 6.31. The van der Waals surface area contributed by atoms with E-state index in [1.165, 1.54) is 0 Å². The van der Waals surface area contributed by atoms with Crippen LogP contribution in [0.3, 0.4) is 0 Å². The number of hydrogen-bond acceptors (Lipinski definition) is 6. The molecule has 8 nitrogen and oxygen atoms in total. The summed E-state index contributed by atoms with van der Waals surface area (Å²) in [6, 6.07) is 11.1. The number of amides is 1. The summed E-state index contributed by atoms with van der Waals surface area (Å²) >= 11 is 0. The number of aryl methyl sites for hydroxylation is 3. The topological polar surface area (TPSA) is 115 Å². The molecule has 164 valence electrons. The number of nitrogens with two attached hydrogens (primary N) is 1. The fourth-order valence-corrected chi connectivity index (χ4v) is 4.69. The summed E-state index contributed by atoms with van der Waals surface area (Å²) in [5.41, 5.74) is 10.2. The summed E-state index contributed by atoms with van der Waals surface area (Å²) in [6.07, 6.45) is 4.30. The Hall–Kier alpha value is -3.68. The van der Waals surface area contributed by atoms with Crippen LogP contribution in [0.5, 0.6) is 0 Å². The number of nitrogens with zero attached hydrogens (tertiary/aromatic N) is 3. The SMILES string of the molecule is Cc1cccc(CNc2cnc3n(c2=O)[C@H](C(=O)N[C@@H]2CCc4nc(N)ccc42)CC3)c1. The lowest BCUT2D eigenvalue weighted by atomic mass is 10.1. The van der Waals surface area contributed by atoms with Crippen LogP contribution in [0.15, 0.2) is 47.4 Å². The number of aromatic nitrogens is 3. The van der Waals surface area contributed by atoms with E-state index in [0.717, 1.165) is 35.2 Å². The average molecular weight is 431 g/mol. The first-order valence-electron chi connectivity index (χ1n) is 10.9. The molecule has 1 aliphatic carbocycles. The highest BCUT2D eigenvalue weighted by Gasteiger charge is 2.34. The molecule has 0 bridgehead atoms. The van der Waals surface area contributed by atoms with Gasteiger partial charge in [0.05, 0.1) is 12.2 Å². The minimum Gasteiger partial charge on any atom is -0.384 e. The van der Waals surface area contributed by atoms with Gasteiger partial charge in [-0.05, 0) is 43.4 Å². The number of carbonyl (C=O) groups is 1. The molecule has 0 radical (unpaired) electrons. The molecule has 3 aromatic rings. The molecule has 0 saturated carbocycles. The van der Waals surface area contributed by atoms with Gasteiger partial charge in [0.2, 0.25) is 5.91 Å². The van der Waals surface area contributed by atoms with E-state index < -0.39 is 6.04 Å². The quantitative estimate of drug-likeness (QED) is 0.573. The van der Waals surface area contributed by atoms with Crippen LogP contribution in [-0.4, -0.2) is 20.4 Å². The van der Waals surface area contributed by atoms with Crippen LogP contribution < -0.4 is 21.9 Å². The summed E-state index contributed by atoms with van der Waals surface area (Å²) in [7, 11) is 0. The molecule has 0 spiro atoms. The molecular formula is C24H26N6O2. The zero-order valence-electron chi connectivity index (χ0n) is 18.0. The van der Waals surface area contributed by atoms with Gasteiger partial charge in [0, 0.05) is 18.7 Å². The van der Waals surface area contributed by atoms with E-state index in [-0.39, 0.29) is 17.5 Å². The molecule has 1 amide bonds. The van der Waals surface area contributed by atoms with Gasteiger partial charge >= 0.3 is 0 Å². The normalized spacial score (nSPS) is 18.8. The lowest BCUT2D eigenvalue weighted by molar-refractivity contribution is -0.125. The molecule has 2 aromatic heterocycles. The van der Waals surface area contributed by atoms with Crippen LogP contribution in [0.1, 0.15) is 53.1 Å². The van der Waals surface area contributed by atoms with Crippen molar-refractivity contribution in [3.63, 3.8) is 0 Å². The summed E-state index contributed by atoms with van der Waals surface area (Å²) < 4.78 is 1.55. The number of rotatable bonds is 5. The number of anilines is 2. The van der Waals surface area contributed by atoms with E-state index in [1.807, 2.05) is 31.2 Å². The highest BCUT2D eigenvalue weighted by atomic mass is 16.2. The number of pyridine rings is 1. The third kappa shape index (κ3) is 3.72. The maximum Gasteiger partial charge on any atom is 0.277 e. The van der Waals surface area contributed by atoms with Crippen LogP contribution in [0.4, 0.5) is 11.5 Å². The fraction of sp³-hybridized carbons (Fsp3) is 0.333. The third-order valence-corrected chi connectivity index (χ3v) is 6.28. The molecule has 0 fully saturated rings. The molecule has 3 heterocycles. The van der Waals surface area contributed by atoms with Crippen molar-refractivity contribution in [2.75, 3.05) is 11.1 Å². The Kier molecular flexibility index (Phi) is 5.13. The van der Waals surface area contributed by atoms with Gasteiger partial charge < -0.3 is 16.4 Å². The minimum absolute atomic E-state index is 0.110. The van der Waals surface area contributed by atoms with E-state index in [9.17, 15) is 9.59 Å². The number of nitrogen functional groups attached to an aromatic ring is 1. The molecule has 0 unspecified atom stereocenters. The van der Waals surface area contributed by atoms with Crippen molar-refractivity contribution in [2.24, 2.45) is 0 Å². The molecular weight excluding hydrogens is 404 g/mol. The molecule has 2 aliphatic rings. The third-order valence-electron chi connectivity index (χ3n) is 6.28. The van der Waals surface area contributed by atoms with Gasteiger partial charge in [0.15, 0.2) is 0 Å². The van der Waals surface area contributed by atoms with Gasteiger partial charge in [-0.2, -0.15) is 0 Å². The predicted molar refractivity (Wildman–Crippen MR) is 122 cm³/mol. The number of hydrogen-bond donors (Lipinski definition) is 3. The van der Waals surface area contributed by atoms with E-state index in [1.54, 1.807) is 16.8 Å². The molecule has 0 saturated heterocycles. The summed E-state index contributed by atoms with van der Waals surface area (Å²) in [6.45, 7) is 2.55. The lowest BCUT2D eigenvalue weighted by Gasteiger charge is -2.19. The van der Waals surface area contributed by atoms with Gasteiger partial charge in [-0.1, -0.05) is 35.9 Å². The summed E-state index contributed by atoms with van der Waals surface area (Å²) in [5.74, 6) is 0.986. The molecule has 1 aromatic carbocycles. The van der Waals surface area contributed by atoms with Crippen LogP contribution in [0.25, 0.3) is 0 Å². The molecule has 32 heavy (non-hydrogen) atoms. The molecule has 5 rings (SSSR count). The highest BCUT2D eigenvalue weighted by molar-refractivity contribution is 5.81. The monoisotopic (exact) mass is 430 g/mol. The first kappa shape index (κ1) is 20.2. The molecule has 8 heteroatoms. The molecule has 1 aliphatic heterocycles. The van der Waals surface area contributed by atoms with Crippen LogP contribution >= 0.6 is 0 Å². The minimum atomic E-state index is -0.559. The van der Waals surface area contributed by atoms with Crippen LogP contribution in [0.2, 0.25) is 0 Å². The smallest absolute Gasteiger partial charge is 0.277 e. The summed E-state index contributed by atoms with van der Waals surface area (Å²) in [4.78, 5) is 35.2. The van der Waals surface area contributed by atoms with Gasteiger partial charge in [0.25, 0.3) is 5.56 Å². The van der Waals surface area contributed by atoms with Crippen molar-refractivity contribution >= 4 is 17.4 Å². The van der Waals surface area contributed by atoms with E-state index in [2.05, 4.69) is 26.7 Å². The molecule has 4 N–H and O–H groups in total. The first-order chi connectivity index (χ1) is 15.5. The maximum absolute atomic E-state index is 13.2. The van der Waals surface area contributed by atoms with Crippen LogP contribution in [0, 0.1) is 6.92 Å². The van der Waals surface area contributed by atoms with Gasteiger partial charge in [-0.25, -0.2) is 9.97 Å². The number of carbonyl (C=O) groups excluding carboxylic acids is 1. The van der Waals surface area contributed by atoms with Gasteiger partial charge in [-0.3, -0.25) is 14.2 Å². The fourth-order valence-electron chi connectivity index (χ4n) is 4.69. The standard InChI is InChI=1S/C24H26N6O2/c1-14-3-2-4-15(11-14)12-26-19-13-27-22-10-8-20(30(22)24(19)32)23(31)29-18-7-6-17-16(18)5-9-21(25)28-17/h2-5,9,11,13,18,20,26H,6-8,10,12H2,1H3,(H2,25,28)(H,29,31)/t18-,20+/m1/s1. The second-order valence-electron chi connectivity index (χ2n) is 8.53. The number of fused-ring (bicyclic) bond motifs is 2. The van der Waals surface area contributed by atoms with Gasteiger partial charge in [-0.15, -0.1) is 0 Å². The first-order valence-corrected chi connectivity index (χ1v) is 10.9. The Bertz CT molecular complexity index is 1250. The van der Waals surface area contributed by atoms with Crippen molar-refractivity contribution in [3.8, 4) is 0 Å². The maximum atomic E-state index is 13.2. The van der Waals surface area contributed by atoms with Crippen LogP contribution in [-0.2, 0) is 24.2 Å². The van der Waals surface area contributed by atoms with Crippen molar-refractivity contribution in [3.05, 3.63) is 81.2 Å². The highest BCUT2D eigenvalue weighted by Crippen LogP contribution is 2.32. The lowest BCUT2D eigenvalue weighted by Crippen LogP contribution is -2.37. The number of nitrogens with one attached hydrogen (secondary N) is 2. The Balaban J connectivity index is 1.34. The zero-order valence-corrected chi connectivity index (χ0v) is 18.0. The Morgan fingerprint density at radius 1 is 1.22 bits per heavy atom. The Morgan fingerprint density at radius 2 is 2.09 bits per heavy atom. The number of benzene rings is 1. The Labute approximate surface area is 185 Å². The Morgan fingerprint density at radius 3 is 2.94 bits per heavy atom. The second kappa shape index (κ2) is 8.11. The molecule has 2 atom stereocenters. The predicted octanol–water partition coefficient (Wildman–Crippen LogP) is 2.43. The second-order valence-corrected chi connectivity index (χ2v) is 8.53. The van der Waals surface area contributed by atoms with Crippen molar-refractivity contribution in [1.82, 2.24) is 19.9 Å². The largest absolute Gasteiger partial charge is 0.384 e. The van der Waals surface area contributed by atoms with Crippen molar-refractivity contribution in [2.45, 2.75) is 51.2 Å². The van der Waals surface area contributed by atoms with Gasteiger partial charge in [0.1, 0.15) is 23.4 Å². The van der Waals surface area contributed by atoms with E-state index >= 15 is 0 Å². The average Bonchev–Trinajstić information content (AvgIpc) is 3.38. The van der Waals surface area contributed by atoms with E-state index in [0.29, 0.717) is 36.7 Å². The van der Waals surface area contributed by atoms with Crippen molar-refractivity contribution < 1.29 is 4.79 Å². The van der Waals surface area contributed by atoms with Crippen molar-refractivity contribution in [1.29, 1.82) is 0 Å².